The van der Waals surface area contributed by atoms with E-state index in [1.54, 1.807) is 6.20 Å². The number of thioether (sulfide) groups is 1. The SMILES string of the molecule is CC(C)(C)OC(=O)Nc1[nH]ncc1CNC1CCSCC1. The van der Waals surface area contributed by atoms with E-state index < -0.39 is 11.7 Å². The first-order chi connectivity index (χ1) is 9.94. The number of ether oxygens (including phenoxy) is 1. The molecule has 1 aromatic rings. The number of rotatable bonds is 4. The minimum Gasteiger partial charge on any atom is -0.444 e. The molecule has 1 fully saturated rings. The minimum absolute atomic E-state index is 0.470. The van der Waals surface area contributed by atoms with Crippen LogP contribution >= 0.6 is 11.8 Å². The molecule has 3 N–H and O–H groups in total. The van der Waals surface area contributed by atoms with Gasteiger partial charge in [0.1, 0.15) is 11.4 Å². The van der Waals surface area contributed by atoms with E-state index in [1.165, 1.54) is 24.3 Å². The van der Waals surface area contributed by atoms with Gasteiger partial charge in [0.15, 0.2) is 0 Å². The van der Waals surface area contributed by atoms with E-state index in [1.807, 2.05) is 32.5 Å². The first-order valence-corrected chi connectivity index (χ1v) is 8.43. The molecule has 2 heterocycles. The minimum atomic E-state index is -0.512. The van der Waals surface area contributed by atoms with Gasteiger partial charge in [0.2, 0.25) is 0 Å². The lowest BCUT2D eigenvalue weighted by atomic mass is 10.1. The van der Waals surface area contributed by atoms with Gasteiger partial charge in [-0.25, -0.2) is 4.79 Å². The number of hydrogen-bond acceptors (Lipinski definition) is 5. The molecular formula is C14H24N4O2S. The van der Waals surface area contributed by atoms with Crippen molar-refractivity contribution in [2.24, 2.45) is 0 Å². The van der Waals surface area contributed by atoms with Gasteiger partial charge in [-0.15, -0.1) is 0 Å². The summed E-state index contributed by atoms with van der Waals surface area (Å²) in [5.41, 5.74) is 0.432. The highest BCUT2D eigenvalue weighted by Gasteiger charge is 2.18. The van der Waals surface area contributed by atoms with Crippen LogP contribution in [0.3, 0.4) is 0 Å². The monoisotopic (exact) mass is 312 g/mol. The Kier molecular flexibility index (Phi) is 5.52. The lowest BCUT2D eigenvalue weighted by Crippen LogP contribution is -2.32. The van der Waals surface area contributed by atoms with Crippen molar-refractivity contribution in [1.29, 1.82) is 0 Å². The Morgan fingerprint density at radius 3 is 2.86 bits per heavy atom. The number of anilines is 1. The third-order valence-electron chi connectivity index (χ3n) is 3.15. The van der Waals surface area contributed by atoms with Gasteiger partial charge in [0, 0.05) is 18.2 Å². The number of aromatic nitrogens is 2. The van der Waals surface area contributed by atoms with E-state index in [0.717, 1.165) is 5.56 Å². The Bertz CT molecular complexity index is 464. The number of carbonyl (C=O) groups excluding carboxylic acids is 1. The van der Waals surface area contributed by atoms with Gasteiger partial charge in [0.05, 0.1) is 6.20 Å². The Morgan fingerprint density at radius 2 is 2.19 bits per heavy atom. The second kappa shape index (κ2) is 7.17. The van der Waals surface area contributed by atoms with Gasteiger partial charge in [-0.1, -0.05) is 0 Å². The summed E-state index contributed by atoms with van der Waals surface area (Å²) in [7, 11) is 0. The lowest BCUT2D eigenvalue weighted by molar-refractivity contribution is 0.0635. The normalized spacial score (nSPS) is 16.7. The third kappa shape index (κ3) is 5.59. The summed E-state index contributed by atoms with van der Waals surface area (Å²) in [4.78, 5) is 11.8. The molecule has 6 nitrogen and oxygen atoms in total. The zero-order valence-electron chi connectivity index (χ0n) is 12.9. The highest BCUT2D eigenvalue weighted by atomic mass is 32.2. The Balaban J connectivity index is 1.84. The molecule has 1 amide bonds. The van der Waals surface area contributed by atoms with Crippen LogP contribution in [0.2, 0.25) is 0 Å². The van der Waals surface area contributed by atoms with E-state index in [-0.39, 0.29) is 0 Å². The number of carbonyl (C=O) groups is 1. The first kappa shape index (κ1) is 16.2. The van der Waals surface area contributed by atoms with Crippen molar-refractivity contribution in [3.63, 3.8) is 0 Å². The standard InChI is InChI=1S/C14H24N4O2S/c1-14(2,3)20-13(19)17-12-10(9-16-18-12)8-15-11-4-6-21-7-5-11/h9,11,15H,4-8H2,1-3H3,(H2,16,17,18,19). The van der Waals surface area contributed by atoms with Gasteiger partial charge in [-0.05, 0) is 45.1 Å². The average molecular weight is 312 g/mol. The van der Waals surface area contributed by atoms with Gasteiger partial charge in [-0.2, -0.15) is 16.9 Å². The van der Waals surface area contributed by atoms with E-state index in [4.69, 9.17) is 4.74 Å². The second-order valence-corrected chi connectivity index (χ2v) is 7.39. The fourth-order valence-electron chi connectivity index (χ4n) is 2.12. The van der Waals surface area contributed by atoms with Crippen LogP contribution in [-0.2, 0) is 11.3 Å². The Morgan fingerprint density at radius 1 is 1.48 bits per heavy atom. The number of nitrogens with one attached hydrogen (secondary N) is 3. The third-order valence-corrected chi connectivity index (χ3v) is 4.20. The molecule has 21 heavy (non-hydrogen) atoms. The van der Waals surface area contributed by atoms with E-state index in [9.17, 15) is 4.79 Å². The number of nitrogens with zero attached hydrogens (tertiary/aromatic N) is 1. The first-order valence-electron chi connectivity index (χ1n) is 7.27. The molecule has 0 unspecified atom stereocenters. The summed E-state index contributed by atoms with van der Waals surface area (Å²) >= 11 is 2.01. The van der Waals surface area contributed by atoms with Crippen molar-refractivity contribution < 1.29 is 9.53 Å². The van der Waals surface area contributed by atoms with Crippen LogP contribution in [0.4, 0.5) is 10.6 Å². The highest BCUT2D eigenvalue weighted by Crippen LogP contribution is 2.18. The van der Waals surface area contributed by atoms with Gasteiger partial charge in [0.25, 0.3) is 0 Å². The molecule has 1 aliphatic heterocycles. The summed E-state index contributed by atoms with van der Waals surface area (Å²) in [6.07, 6.45) is 3.65. The van der Waals surface area contributed by atoms with Crippen molar-refractivity contribution in [1.82, 2.24) is 15.5 Å². The number of hydrogen-bond donors (Lipinski definition) is 3. The van der Waals surface area contributed by atoms with Crippen LogP contribution in [0.1, 0.15) is 39.2 Å². The molecule has 0 saturated carbocycles. The molecule has 118 valence electrons. The molecule has 1 aromatic heterocycles. The molecule has 0 radical (unpaired) electrons. The highest BCUT2D eigenvalue weighted by molar-refractivity contribution is 7.99. The zero-order valence-corrected chi connectivity index (χ0v) is 13.7. The molecule has 0 atom stereocenters. The van der Waals surface area contributed by atoms with Gasteiger partial charge < -0.3 is 10.1 Å². The van der Waals surface area contributed by atoms with Crippen molar-refractivity contribution in [2.75, 3.05) is 16.8 Å². The molecule has 0 aliphatic carbocycles. The number of aromatic amines is 1. The maximum absolute atomic E-state index is 11.8. The topological polar surface area (TPSA) is 79.0 Å². The molecule has 0 bridgehead atoms. The van der Waals surface area contributed by atoms with Gasteiger partial charge >= 0.3 is 6.09 Å². The van der Waals surface area contributed by atoms with Crippen molar-refractivity contribution in [2.45, 2.75) is 51.8 Å². The molecule has 2 rings (SSSR count). The average Bonchev–Trinajstić information content (AvgIpc) is 2.82. The fraction of sp³-hybridized carbons (Fsp3) is 0.714. The number of H-pyrrole nitrogens is 1. The predicted octanol–water partition coefficient (Wildman–Crippen LogP) is 2.74. The predicted molar refractivity (Wildman–Crippen MR) is 85.6 cm³/mol. The summed E-state index contributed by atoms with van der Waals surface area (Å²) in [5.74, 6) is 3.03. The summed E-state index contributed by atoms with van der Waals surface area (Å²) in [6, 6.07) is 0.551. The second-order valence-electron chi connectivity index (χ2n) is 6.16. The largest absolute Gasteiger partial charge is 0.444 e. The number of amides is 1. The molecule has 1 saturated heterocycles. The van der Waals surface area contributed by atoms with Crippen molar-refractivity contribution in [3.8, 4) is 0 Å². The van der Waals surface area contributed by atoms with Crippen LogP contribution in [0, 0.1) is 0 Å². The smallest absolute Gasteiger partial charge is 0.413 e. The van der Waals surface area contributed by atoms with Crippen LogP contribution < -0.4 is 10.6 Å². The molecule has 0 aromatic carbocycles. The van der Waals surface area contributed by atoms with Crippen LogP contribution in [-0.4, -0.2) is 39.4 Å². The molecular weight excluding hydrogens is 288 g/mol. The van der Waals surface area contributed by atoms with E-state index >= 15 is 0 Å². The fourth-order valence-corrected chi connectivity index (χ4v) is 3.22. The summed E-state index contributed by atoms with van der Waals surface area (Å²) in [6.45, 7) is 6.20. The maximum Gasteiger partial charge on any atom is 0.413 e. The van der Waals surface area contributed by atoms with Crippen LogP contribution in [0.5, 0.6) is 0 Å². The van der Waals surface area contributed by atoms with Gasteiger partial charge in [-0.3, -0.25) is 10.4 Å². The molecule has 7 heteroatoms. The summed E-state index contributed by atoms with van der Waals surface area (Å²) < 4.78 is 5.24. The zero-order chi connectivity index (χ0) is 15.3. The Labute approximate surface area is 129 Å². The quantitative estimate of drug-likeness (QED) is 0.796. The van der Waals surface area contributed by atoms with E-state index in [2.05, 4.69) is 20.8 Å². The summed E-state index contributed by atoms with van der Waals surface area (Å²) in [5, 5.41) is 13.0. The Hall–Kier alpha value is -1.21. The van der Waals surface area contributed by atoms with Crippen LogP contribution in [0.25, 0.3) is 0 Å². The molecule has 1 aliphatic rings. The molecule has 0 spiro atoms. The van der Waals surface area contributed by atoms with E-state index in [0.29, 0.717) is 18.4 Å². The lowest BCUT2D eigenvalue weighted by Gasteiger charge is -2.22. The van der Waals surface area contributed by atoms with Crippen LogP contribution in [0.15, 0.2) is 6.20 Å². The van der Waals surface area contributed by atoms with Crippen molar-refractivity contribution >= 4 is 23.7 Å². The van der Waals surface area contributed by atoms with Crippen molar-refractivity contribution in [3.05, 3.63) is 11.8 Å². The maximum atomic E-state index is 11.8.